The molecule has 0 atom stereocenters. The van der Waals surface area contributed by atoms with E-state index in [1.54, 1.807) is 12.0 Å². The second-order valence-electron chi connectivity index (χ2n) is 3.82. The summed E-state index contributed by atoms with van der Waals surface area (Å²) in [5.41, 5.74) is 0. The van der Waals surface area contributed by atoms with Gasteiger partial charge in [-0.05, 0) is 18.6 Å². The monoisotopic (exact) mass is 245 g/mol. The van der Waals surface area contributed by atoms with Gasteiger partial charge in [0.05, 0.1) is 6.54 Å². The number of carbonyl (C=O) groups excluding carboxylic acids is 1. The highest BCUT2D eigenvalue weighted by Gasteiger charge is 2.22. The molecule has 0 unspecified atom stereocenters. The number of amides is 1. The molecule has 6 heteroatoms. The number of carbonyl (C=O) groups is 1. The number of piperazine rings is 1. The third-order valence-electron chi connectivity index (χ3n) is 2.55. The van der Waals surface area contributed by atoms with Crippen LogP contribution in [0.1, 0.15) is 6.42 Å². The van der Waals surface area contributed by atoms with Crippen molar-refractivity contribution in [1.82, 2.24) is 15.1 Å². The molecule has 1 aliphatic rings. The fraction of sp³-hybridized carbons (Fsp3) is 0.800. The predicted molar refractivity (Wildman–Crippen MR) is 66.3 cm³/mol. The molecule has 1 heterocycles. The fourth-order valence-electron chi connectivity index (χ4n) is 1.46. The molecule has 92 valence electrons. The summed E-state index contributed by atoms with van der Waals surface area (Å²) in [6.45, 7) is 3.42. The second-order valence-corrected chi connectivity index (χ2v) is 4.20. The quantitative estimate of drug-likeness (QED) is 0.543. The Hall–Kier alpha value is -0.880. The van der Waals surface area contributed by atoms with E-state index < -0.39 is 0 Å². The number of methoxy groups -OCH3 is 1. The summed E-state index contributed by atoms with van der Waals surface area (Å²) in [5.74, 6) is 0.118. The van der Waals surface area contributed by atoms with Crippen LogP contribution in [-0.4, -0.2) is 67.8 Å². The van der Waals surface area contributed by atoms with E-state index in [0.717, 1.165) is 32.7 Å². The van der Waals surface area contributed by atoms with Gasteiger partial charge < -0.3 is 19.9 Å². The van der Waals surface area contributed by atoms with Crippen LogP contribution in [0.5, 0.6) is 0 Å². The normalized spacial score (nSPS) is 16.5. The molecule has 0 aromatic rings. The number of nitrogens with zero attached hydrogens (tertiary/aromatic N) is 2. The highest BCUT2D eigenvalue weighted by atomic mass is 32.1. The molecule has 5 nitrogen and oxygen atoms in total. The van der Waals surface area contributed by atoms with Crippen LogP contribution < -0.4 is 5.32 Å². The molecule has 0 aromatic heterocycles. The van der Waals surface area contributed by atoms with E-state index in [2.05, 4.69) is 5.32 Å². The number of likely N-dealkylation sites (N-methyl/N-ethyl adjacent to an activating group) is 1. The van der Waals surface area contributed by atoms with E-state index in [0.29, 0.717) is 11.7 Å². The number of rotatable bonds is 4. The van der Waals surface area contributed by atoms with Crippen molar-refractivity contribution < 1.29 is 9.53 Å². The number of hydrogen-bond acceptors (Lipinski definition) is 3. The van der Waals surface area contributed by atoms with E-state index in [1.165, 1.54) is 0 Å². The van der Waals surface area contributed by atoms with Gasteiger partial charge in [-0.25, -0.2) is 0 Å². The maximum Gasteiger partial charge on any atom is 0.241 e. The first kappa shape index (κ1) is 13.2. The zero-order valence-corrected chi connectivity index (χ0v) is 10.7. The topological polar surface area (TPSA) is 44.8 Å². The Morgan fingerprint density at radius 3 is 2.94 bits per heavy atom. The Balaban J connectivity index is 2.24. The predicted octanol–water partition coefficient (Wildman–Crippen LogP) is -0.329. The van der Waals surface area contributed by atoms with Crippen LogP contribution >= 0.6 is 12.2 Å². The second kappa shape index (κ2) is 6.65. The van der Waals surface area contributed by atoms with Crippen LogP contribution in [0.4, 0.5) is 0 Å². The van der Waals surface area contributed by atoms with E-state index in [1.807, 2.05) is 11.9 Å². The molecule has 1 amide bonds. The third-order valence-corrected chi connectivity index (χ3v) is 2.95. The molecule has 16 heavy (non-hydrogen) atoms. The average molecular weight is 245 g/mol. The molecule has 1 N–H and O–H groups in total. The van der Waals surface area contributed by atoms with Crippen molar-refractivity contribution in [3.8, 4) is 0 Å². The smallest absolute Gasteiger partial charge is 0.241 e. The first-order chi connectivity index (χ1) is 7.65. The molecule has 0 spiro atoms. The molecule has 1 fully saturated rings. The van der Waals surface area contributed by atoms with Gasteiger partial charge in [0.2, 0.25) is 5.91 Å². The minimum Gasteiger partial charge on any atom is -0.385 e. The van der Waals surface area contributed by atoms with Gasteiger partial charge in [-0.1, -0.05) is 0 Å². The molecule has 1 rings (SSSR count). The third kappa shape index (κ3) is 3.94. The van der Waals surface area contributed by atoms with Gasteiger partial charge in [0.15, 0.2) is 5.11 Å². The van der Waals surface area contributed by atoms with Gasteiger partial charge in [-0.15, -0.1) is 0 Å². The van der Waals surface area contributed by atoms with Crippen molar-refractivity contribution in [2.24, 2.45) is 0 Å². The van der Waals surface area contributed by atoms with E-state index in [-0.39, 0.29) is 5.91 Å². The number of ether oxygens (including phenoxy) is 1. The highest BCUT2D eigenvalue weighted by Crippen LogP contribution is 2.01. The Morgan fingerprint density at radius 2 is 2.31 bits per heavy atom. The van der Waals surface area contributed by atoms with E-state index in [4.69, 9.17) is 17.0 Å². The van der Waals surface area contributed by atoms with Crippen molar-refractivity contribution >= 4 is 23.2 Å². The molecule has 0 bridgehead atoms. The lowest BCUT2D eigenvalue weighted by Gasteiger charge is -2.33. The highest BCUT2D eigenvalue weighted by molar-refractivity contribution is 7.80. The Labute approximate surface area is 102 Å². The molecule has 0 saturated carbocycles. The van der Waals surface area contributed by atoms with Crippen molar-refractivity contribution in [2.75, 3.05) is 46.9 Å². The largest absolute Gasteiger partial charge is 0.385 e. The zero-order valence-electron chi connectivity index (χ0n) is 9.86. The van der Waals surface area contributed by atoms with Crippen LogP contribution in [-0.2, 0) is 9.53 Å². The zero-order chi connectivity index (χ0) is 12.0. The SMILES string of the molecule is COCCCNC(=S)N1CCN(C)C(=O)C1. The number of hydrogen-bond donors (Lipinski definition) is 1. The number of thiocarbonyl (C=S) groups is 1. The van der Waals surface area contributed by atoms with Crippen LogP contribution in [0.25, 0.3) is 0 Å². The molecule has 0 aromatic carbocycles. The van der Waals surface area contributed by atoms with E-state index in [9.17, 15) is 4.79 Å². The lowest BCUT2D eigenvalue weighted by Crippen LogP contribution is -2.53. The first-order valence-corrected chi connectivity index (χ1v) is 5.81. The number of nitrogens with one attached hydrogen (secondary N) is 1. The van der Waals surface area contributed by atoms with Gasteiger partial charge in [0, 0.05) is 40.4 Å². The van der Waals surface area contributed by atoms with Crippen LogP contribution in [0.15, 0.2) is 0 Å². The summed E-state index contributed by atoms with van der Waals surface area (Å²) >= 11 is 5.22. The molecular weight excluding hydrogens is 226 g/mol. The average Bonchev–Trinajstić information content (AvgIpc) is 2.28. The van der Waals surface area contributed by atoms with Gasteiger partial charge in [-0.2, -0.15) is 0 Å². The van der Waals surface area contributed by atoms with Crippen molar-refractivity contribution in [3.63, 3.8) is 0 Å². The summed E-state index contributed by atoms with van der Waals surface area (Å²) in [6, 6.07) is 0. The molecule has 0 aliphatic carbocycles. The summed E-state index contributed by atoms with van der Waals surface area (Å²) in [7, 11) is 3.49. The first-order valence-electron chi connectivity index (χ1n) is 5.41. The minimum absolute atomic E-state index is 0.118. The Bertz CT molecular complexity index is 260. The Kier molecular flexibility index (Phi) is 5.48. The molecule has 0 radical (unpaired) electrons. The lowest BCUT2D eigenvalue weighted by molar-refractivity contribution is -0.132. The van der Waals surface area contributed by atoms with Gasteiger partial charge in [0.25, 0.3) is 0 Å². The van der Waals surface area contributed by atoms with Gasteiger partial charge in [0.1, 0.15) is 0 Å². The van der Waals surface area contributed by atoms with Crippen molar-refractivity contribution in [3.05, 3.63) is 0 Å². The van der Waals surface area contributed by atoms with Crippen LogP contribution in [0.2, 0.25) is 0 Å². The molecular formula is C10H19N3O2S. The van der Waals surface area contributed by atoms with Gasteiger partial charge in [-0.3, -0.25) is 4.79 Å². The summed E-state index contributed by atoms with van der Waals surface area (Å²) in [5, 5.41) is 3.79. The van der Waals surface area contributed by atoms with Crippen LogP contribution in [0, 0.1) is 0 Å². The minimum atomic E-state index is 0.118. The standard InChI is InChI=1S/C10H19N3O2S/c1-12-5-6-13(8-9(12)14)10(16)11-4-3-7-15-2/h3-8H2,1-2H3,(H,11,16). The maximum atomic E-state index is 11.5. The summed E-state index contributed by atoms with van der Waals surface area (Å²) < 4.78 is 4.94. The van der Waals surface area contributed by atoms with Crippen molar-refractivity contribution in [1.29, 1.82) is 0 Å². The maximum absolute atomic E-state index is 11.5. The van der Waals surface area contributed by atoms with Crippen LogP contribution in [0.3, 0.4) is 0 Å². The van der Waals surface area contributed by atoms with Crippen molar-refractivity contribution in [2.45, 2.75) is 6.42 Å². The molecule has 1 saturated heterocycles. The molecule has 1 aliphatic heterocycles. The van der Waals surface area contributed by atoms with E-state index >= 15 is 0 Å². The fourth-order valence-corrected chi connectivity index (χ4v) is 1.71. The summed E-state index contributed by atoms with van der Waals surface area (Å²) in [6.07, 6.45) is 0.915. The Morgan fingerprint density at radius 1 is 1.56 bits per heavy atom. The summed E-state index contributed by atoms with van der Waals surface area (Å²) in [4.78, 5) is 15.1. The van der Waals surface area contributed by atoms with Gasteiger partial charge >= 0.3 is 0 Å². The lowest BCUT2D eigenvalue weighted by atomic mass is 10.3.